The van der Waals surface area contributed by atoms with E-state index in [1.807, 2.05) is 0 Å². The van der Waals surface area contributed by atoms with Crippen molar-refractivity contribution in [1.82, 2.24) is 20.4 Å². The van der Waals surface area contributed by atoms with E-state index in [0.29, 0.717) is 24.3 Å². The van der Waals surface area contributed by atoms with Gasteiger partial charge in [-0.15, -0.1) is 0 Å². The maximum atomic E-state index is 14.2. The fraction of sp³-hybridized carbons (Fsp3) is 0.750. The molecular formula is C32H47BrN4O2. The first-order valence-corrected chi connectivity index (χ1v) is 16.4. The number of urea groups is 1. The molecule has 6 aliphatic rings. The number of benzene rings is 1. The van der Waals surface area contributed by atoms with Crippen molar-refractivity contribution < 1.29 is 9.59 Å². The fourth-order valence-corrected chi connectivity index (χ4v) is 10.2. The monoisotopic (exact) mass is 598 g/mol. The Balaban J connectivity index is 1.17. The highest BCUT2D eigenvalue weighted by Gasteiger charge is 2.53. The summed E-state index contributed by atoms with van der Waals surface area (Å²) in [5, 5.41) is 6.80. The Morgan fingerprint density at radius 1 is 1.05 bits per heavy atom. The second kappa shape index (κ2) is 11.3. The Labute approximate surface area is 243 Å². The van der Waals surface area contributed by atoms with Crippen LogP contribution in [0.4, 0.5) is 4.79 Å². The van der Waals surface area contributed by atoms with Crippen LogP contribution in [-0.4, -0.2) is 61.5 Å². The summed E-state index contributed by atoms with van der Waals surface area (Å²) in [6, 6.07) is 6.90. The second-order valence-electron chi connectivity index (χ2n) is 13.7. The molecule has 7 rings (SSSR count). The van der Waals surface area contributed by atoms with Crippen molar-refractivity contribution in [3.8, 4) is 0 Å². The zero-order valence-corrected chi connectivity index (χ0v) is 25.5. The highest BCUT2D eigenvalue weighted by atomic mass is 79.9. The molecule has 2 N–H and O–H groups in total. The number of nitrogens with zero attached hydrogens (tertiary/aromatic N) is 2. The Kier molecular flexibility index (Phi) is 8.02. The zero-order valence-electron chi connectivity index (χ0n) is 23.9. The van der Waals surface area contributed by atoms with Gasteiger partial charge in [-0.25, -0.2) is 4.79 Å². The maximum Gasteiger partial charge on any atom is 0.318 e. The lowest BCUT2D eigenvalue weighted by atomic mass is 9.54. The van der Waals surface area contributed by atoms with E-state index in [1.165, 1.54) is 43.2 Å². The number of rotatable bonds is 8. The Hall–Kier alpha value is -1.60. The van der Waals surface area contributed by atoms with Crippen LogP contribution in [0, 0.1) is 23.7 Å². The van der Waals surface area contributed by atoms with Crippen LogP contribution in [0.1, 0.15) is 94.1 Å². The summed E-state index contributed by atoms with van der Waals surface area (Å²) in [6.45, 7) is 2.57. The van der Waals surface area contributed by atoms with Crippen LogP contribution >= 0.6 is 15.9 Å². The maximum absolute atomic E-state index is 14.2. The Morgan fingerprint density at radius 3 is 2.51 bits per heavy atom. The molecule has 39 heavy (non-hydrogen) atoms. The van der Waals surface area contributed by atoms with Gasteiger partial charge in [0, 0.05) is 30.0 Å². The molecule has 2 atom stereocenters. The lowest BCUT2D eigenvalue weighted by molar-refractivity contribution is -0.121. The number of piperidine rings is 1. The minimum Gasteiger partial charge on any atom is -0.356 e. The molecule has 1 saturated heterocycles. The Morgan fingerprint density at radius 2 is 1.79 bits per heavy atom. The summed E-state index contributed by atoms with van der Waals surface area (Å²) in [6.07, 6.45) is 13.2. The summed E-state index contributed by atoms with van der Waals surface area (Å²) in [7, 11) is 4.17. The number of halogens is 1. The number of hydrogen-bond donors (Lipinski definition) is 2. The molecule has 0 radical (unpaired) electrons. The van der Waals surface area contributed by atoms with Crippen LogP contribution < -0.4 is 10.6 Å². The molecule has 5 aliphatic carbocycles. The van der Waals surface area contributed by atoms with E-state index >= 15 is 0 Å². The van der Waals surface area contributed by atoms with Gasteiger partial charge in [0.2, 0.25) is 5.91 Å². The standard InChI is InChI=1S/C32H47BrN4O2/c1-36(2)12-6-4-11-34-28(38)19-25-20-32(29-26(25)8-7-9-27(29)33)10-3-5-13-37(32)31(39)35-30-23-15-21-14-22(17-23)18-24(30)16-21/h7-9,21-25,30H,3-6,10-20H2,1-2H3,(H,34,38)(H,35,39). The van der Waals surface area contributed by atoms with Crippen molar-refractivity contribution in [1.29, 1.82) is 0 Å². The first-order valence-electron chi connectivity index (χ1n) is 15.6. The average Bonchev–Trinajstić information content (AvgIpc) is 3.19. The van der Waals surface area contributed by atoms with Crippen molar-refractivity contribution in [2.24, 2.45) is 23.7 Å². The van der Waals surface area contributed by atoms with E-state index in [4.69, 9.17) is 0 Å². The van der Waals surface area contributed by atoms with E-state index in [2.05, 4.69) is 68.7 Å². The summed E-state index contributed by atoms with van der Waals surface area (Å²) >= 11 is 3.89. The Bertz CT molecular complexity index is 1050. The van der Waals surface area contributed by atoms with Gasteiger partial charge in [0.15, 0.2) is 0 Å². The third-order valence-corrected chi connectivity index (χ3v) is 11.5. The lowest BCUT2D eigenvalue weighted by Crippen LogP contribution is -2.61. The molecule has 4 bridgehead atoms. The number of unbranched alkanes of at least 4 members (excludes halogenated alkanes) is 1. The molecule has 1 heterocycles. The SMILES string of the molecule is CN(C)CCCCNC(=O)CC1CC2(CCCCN2C(=O)NC2C3CC4CC(C3)CC2C4)c2c(Br)cccc21. The number of carbonyl (C=O) groups is 2. The van der Waals surface area contributed by atoms with Crippen molar-refractivity contribution in [3.63, 3.8) is 0 Å². The fourth-order valence-electron chi connectivity index (χ4n) is 9.44. The summed E-state index contributed by atoms with van der Waals surface area (Å²) in [4.78, 5) is 31.6. The molecule has 1 aliphatic heterocycles. The van der Waals surface area contributed by atoms with Gasteiger partial charge in [-0.2, -0.15) is 0 Å². The smallest absolute Gasteiger partial charge is 0.318 e. The quantitative estimate of drug-likeness (QED) is 0.361. The van der Waals surface area contributed by atoms with Crippen LogP contribution in [0.2, 0.25) is 0 Å². The average molecular weight is 600 g/mol. The number of likely N-dealkylation sites (tertiary alicyclic amines) is 1. The largest absolute Gasteiger partial charge is 0.356 e. The molecular weight excluding hydrogens is 552 g/mol. The molecule has 4 saturated carbocycles. The summed E-state index contributed by atoms with van der Waals surface area (Å²) in [5.41, 5.74) is 2.18. The van der Waals surface area contributed by atoms with Gasteiger partial charge < -0.3 is 20.4 Å². The predicted molar refractivity (Wildman–Crippen MR) is 159 cm³/mol. The predicted octanol–water partition coefficient (Wildman–Crippen LogP) is 6.00. The molecule has 6 nitrogen and oxygen atoms in total. The van der Waals surface area contributed by atoms with Crippen molar-refractivity contribution >= 4 is 27.9 Å². The molecule has 1 aromatic rings. The summed E-state index contributed by atoms with van der Waals surface area (Å²) < 4.78 is 1.08. The van der Waals surface area contributed by atoms with Gasteiger partial charge >= 0.3 is 6.03 Å². The minimum absolute atomic E-state index is 0.133. The van der Waals surface area contributed by atoms with Crippen LogP contribution in [0.15, 0.2) is 22.7 Å². The van der Waals surface area contributed by atoms with E-state index < -0.39 is 0 Å². The van der Waals surface area contributed by atoms with Crippen molar-refractivity contribution in [3.05, 3.63) is 33.8 Å². The molecule has 1 aromatic carbocycles. The van der Waals surface area contributed by atoms with Gasteiger partial charge in [-0.1, -0.05) is 28.1 Å². The van der Waals surface area contributed by atoms with E-state index in [-0.39, 0.29) is 23.4 Å². The number of hydrogen-bond acceptors (Lipinski definition) is 3. The van der Waals surface area contributed by atoms with Gasteiger partial charge in [0.05, 0.1) is 5.54 Å². The molecule has 214 valence electrons. The lowest BCUT2D eigenvalue weighted by Gasteiger charge is -2.55. The van der Waals surface area contributed by atoms with Crippen LogP contribution in [-0.2, 0) is 10.3 Å². The van der Waals surface area contributed by atoms with Crippen molar-refractivity contribution in [2.45, 2.75) is 94.5 Å². The molecule has 3 amide bonds. The van der Waals surface area contributed by atoms with Gasteiger partial charge in [-0.3, -0.25) is 4.79 Å². The van der Waals surface area contributed by atoms with Crippen molar-refractivity contribution in [2.75, 3.05) is 33.7 Å². The first-order chi connectivity index (χ1) is 18.8. The zero-order chi connectivity index (χ0) is 27.1. The number of amides is 3. The normalized spacial score (nSPS) is 34.5. The molecule has 7 heteroatoms. The highest BCUT2D eigenvalue weighted by molar-refractivity contribution is 9.10. The van der Waals surface area contributed by atoms with E-state index in [9.17, 15) is 9.59 Å². The molecule has 5 fully saturated rings. The molecule has 0 aromatic heterocycles. The highest BCUT2D eigenvalue weighted by Crippen LogP contribution is 2.57. The molecule has 2 unspecified atom stereocenters. The van der Waals surface area contributed by atoms with Gasteiger partial charge in [0.25, 0.3) is 0 Å². The number of fused-ring (bicyclic) bond motifs is 2. The number of carbonyl (C=O) groups excluding carboxylic acids is 2. The molecule has 1 spiro atoms. The van der Waals surface area contributed by atoms with E-state index in [0.717, 1.165) is 74.5 Å². The van der Waals surface area contributed by atoms with Crippen LogP contribution in [0.3, 0.4) is 0 Å². The van der Waals surface area contributed by atoms with Crippen LogP contribution in [0.25, 0.3) is 0 Å². The topological polar surface area (TPSA) is 64.7 Å². The van der Waals surface area contributed by atoms with Gasteiger partial charge in [0.1, 0.15) is 0 Å². The van der Waals surface area contributed by atoms with Crippen LogP contribution in [0.5, 0.6) is 0 Å². The number of nitrogens with one attached hydrogen (secondary N) is 2. The second-order valence-corrected chi connectivity index (χ2v) is 14.6. The van der Waals surface area contributed by atoms with Gasteiger partial charge in [-0.05, 0) is 138 Å². The minimum atomic E-state index is -0.333. The first kappa shape index (κ1) is 27.6. The third kappa shape index (κ3) is 5.39. The van der Waals surface area contributed by atoms with E-state index in [1.54, 1.807) is 0 Å². The summed E-state index contributed by atoms with van der Waals surface area (Å²) in [5.74, 6) is 3.41. The third-order valence-electron chi connectivity index (χ3n) is 10.8.